The van der Waals surface area contributed by atoms with E-state index in [9.17, 15) is 27.3 Å². The first-order chi connectivity index (χ1) is 14.1. The first-order valence-corrected chi connectivity index (χ1v) is 10.6. The minimum atomic E-state index is -3.57. The Balaban J connectivity index is 0.00000480. The molecule has 0 aliphatic carbocycles. The average Bonchev–Trinajstić information content (AvgIpc) is 2.69. The SMILES string of the molecule is CN=C(NCCNc1ccc(S(C)(=O)=O)cc1[N+](=O)[O-])NCc1cc(F)ccc1F.I. The highest BCUT2D eigenvalue weighted by Gasteiger charge is 2.18. The van der Waals surface area contributed by atoms with E-state index in [4.69, 9.17) is 0 Å². The number of nitrogens with one attached hydrogen (secondary N) is 3. The molecule has 0 spiro atoms. The Morgan fingerprint density at radius 1 is 1.13 bits per heavy atom. The largest absolute Gasteiger partial charge is 0.378 e. The molecule has 0 saturated heterocycles. The predicted molar refractivity (Wildman–Crippen MR) is 125 cm³/mol. The summed E-state index contributed by atoms with van der Waals surface area (Å²) in [5.74, 6) is -0.780. The van der Waals surface area contributed by atoms with Crippen LogP contribution in [-0.2, 0) is 16.4 Å². The van der Waals surface area contributed by atoms with E-state index in [0.717, 1.165) is 30.5 Å². The first-order valence-electron chi connectivity index (χ1n) is 8.72. The molecule has 0 atom stereocenters. The number of nitrogens with zero attached hydrogens (tertiary/aromatic N) is 2. The molecular formula is C18H22F2IN5O4S. The Bertz CT molecular complexity index is 1070. The van der Waals surface area contributed by atoms with Gasteiger partial charge in [-0.15, -0.1) is 24.0 Å². The van der Waals surface area contributed by atoms with Crippen molar-refractivity contribution in [3.8, 4) is 0 Å². The molecule has 0 aliphatic heterocycles. The van der Waals surface area contributed by atoms with E-state index in [0.29, 0.717) is 5.96 Å². The smallest absolute Gasteiger partial charge is 0.293 e. The lowest BCUT2D eigenvalue weighted by atomic mass is 10.2. The Kier molecular flexibility index (Phi) is 10.0. The summed E-state index contributed by atoms with van der Waals surface area (Å²) in [6.07, 6.45) is 0.970. The molecule has 2 rings (SSSR count). The van der Waals surface area contributed by atoms with Crippen LogP contribution in [0.3, 0.4) is 0 Å². The van der Waals surface area contributed by atoms with Gasteiger partial charge in [-0.25, -0.2) is 17.2 Å². The molecule has 0 fully saturated rings. The summed E-state index contributed by atoms with van der Waals surface area (Å²) >= 11 is 0. The van der Waals surface area contributed by atoms with E-state index < -0.39 is 26.4 Å². The van der Waals surface area contributed by atoms with Crippen molar-refractivity contribution >= 4 is 51.1 Å². The van der Waals surface area contributed by atoms with Gasteiger partial charge in [0.1, 0.15) is 17.3 Å². The molecule has 13 heteroatoms. The topological polar surface area (TPSA) is 126 Å². The van der Waals surface area contributed by atoms with Crippen LogP contribution >= 0.6 is 24.0 Å². The average molecular weight is 569 g/mol. The van der Waals surface area contributed by atoms with Crippen molar-refractivity contribution in [3.63, 3.8) is 0 Å². The number of nitro benzene ring substituents is 1. The second-order valence-electron chi connectivity index (χ2n) is 6.22. The molecule has 2 aromatic rings. The molecule has 0 radical (unpaired) electrons. The Labute approximate surface area is 195 Å². The molecule has 31 heavy (non-hydrogen) atoms. The fraction of sp³-hybridized carbons (Fsp3) is 0.278. The summed E-state index contributed by atoms with van der Waals surface area (Å²) in [5.41, 5.74) is -0.0568. The summed E-state index contributed by atoms with van der Waals surface area (Å²) in [6, 6.07) is 6.75. The molecule has 0 unspecified atom stereocenters. The van der Waals surface area contributed by atoms with Crippen molar-refractivity contribution in [1.29, 1.82) is 0 Å². The van der Waals surface area contributed by atoms with Crippen molar-refractivity contribution in [1.82, 2.24) is 10.6 Å². The van der Waals surface area contributed by atoms with Crippen molar-refractivity contribution in [2.75, 3.05) is 31.7 Å². The monoisotopic (exact) mass is 569 g/mol. The number of nitro groups is 1. The molecule has 0 aromatic heterocycles. The van der Waals surface area contributed by atoms with Crippen LogP contribution in [0.1, 0.15) is 5.56 Å². The number of rotatable bonds is 8. The molecule has 0 bridgehead atoms. The van der Waals surface area contributed by atoms with Crippen molar-refractivity contribution in [3.05, 3.63) is 63.7 Å². The van der Waals surface area contributed by atoms with Gasteiger partial charge in [-0.1, -0.05) is 0 Å². The zero-order valence-electron chi connectivity index (χ0n) is 16.7. The van der Waals surface area contributed by atoms with E-state index in [2.05, 4.69) is 20.9 Å². The zero-order chi connectivity index (χ0) is 22.3. The molecule has 0 heterocycles. The van der Waals surface area contributed by atoms with Gasteiger partial charge >= 0.3 is 0 Å². The Morgan fingerprint density at radius 2 is 1.84 bits per heavy atom. The number of sulfone groups is 1. The second-order valence-corrected chi connectivity index (χ2v) is 8.24. The standard InChI is InChI=1S/C18H21F2N5O4S.HI/c1-21-18(24-11-12-9-13(19)3-5-15(12)20)23-8-7-22-16-6-4-14(30(2,28)29)10-17(16)25(26)27;/h3-6,9-10,22H,7-8,11H2,1-2H3,(H2,21,23,24);1H. The number of hydrogen-bond donors (Lipinski definition) is 3. The van der Waals surface area contributed by atoms with Crippen molar-refractivity contribution in [2.24, 2.45) is 4.99 Å². The number of benzene rings is 2. The van der Waals surface area contributed by atoms with Gasteiger partial charge in [0, 0.05) is 44.6 Å². The number of anilines is 1. The van der Waals surface area contributed by atoms with Crippen LogP contribution in [0.4, 0.5) is 20.2 Å². The molecule has 9 nitrogen and oxygen atoms in total. The third-order valence-corrected chi connectivity index (χ3v) is 5.11. The van der Waals surface area contributed by atoms with Crippen molar-refractivity contribution < 1.29 is 22.1 Å². The van der Waals surface area contributed by atoms with E-state index in [1.54, 1.807) is 0 Å². The lowest BCUT2D eigenvalue weighted by molar-refractivity contribution is -0.384. The number of halogens is 3. The maximum absolute atomic E-state index is 13.7. The molecule has 3 N–H and O–H groups in total. The molecule has 0 saturated carbocycles. The zero-order valence-corrected chi connectivity index (χ0v) is 19.8. The fourth-order valence-corrected chi connectivity index (χ4v) is 3.14. The van der Waals surface area contributed by atoms with Gasteiger partial charge in [-0.05, 0) is 30.3 Å². The molecule has 0 aliphatic rings. The van der Waals surface area contributed by atoms with E-state index in [-0.39, 0.29) is 65.4 Å². The second kappa shape index (κ2) is 11.7. The van der Waals surface area contributed by atoms with Crippen LogP contribution in [0.25, 0.3) is 0 Å². The highest BCUT2D eigenvalue weighted by atomic mass is 127. The molecular weight excluding hydrogens is 547 g/mol. The van der Waals surface area contributed by atoms with Gasteiger partial charge in [-0.3, -0.25) is 15.1 Å². The van der Waals surface area contributed by atoms with Crippen LogP contribution in [0.2, 0.25) is 0 Å². The highest BCUT2D eigenvalue weighted by Crippen LogP contribution is 2.27. The van der Waals surface area contributed by atoms with Crippen LogP contribution in [-0.4, -0.2) is 45.7 Å². The van der Waals surface area contributed by atoms with Crippen LogP contribution < -0.4 is 16.0 Å². The maximum atomic E-state index is 13.7. The van der Waals surface area contributed by atoms with Gasteiger partial charge in [0.25, 0.3) is 5.69 Å². The molecule has 170 valence electrons. The summed E-state index contributed by atoms with van der Waals surface area (Å²) in [6.45, 7) is 0.541. The van der Waals surface area contributed by atoms with E-state index in [1.165, 1.54) is 19.2 Å². The van der Waals surface area contributed by atoms with Gasteiger partial charge in [-0.2, -0.15) is 0 Å². The van der Waals surface area contributed by atoms with Gasteiger partial charge in [0.2, 0.25) is 0 Å². The van der Waals surface area contributed by atoms with Crippen LogP contribution in [0.5, 0.6) is 0 Å². The summed E-state index contributed by atoms with van der Waals surface area (Å²) in [5, 5.41) is 19.8. The normalized spacial score (nSPS) is 11.4. The number of aliphatic imine (C=N–C) groups is 1. The maximum Gasteiger partial charge on any atom is 0.293 e. The third kappa shape index (κ3) is 7.90. The van der Waals surface area contributed by atoms with Crippen LogP contribution in [0, 0.1) is 21.7 Å². The lowest BCUT2D eigenvalue weighted by Crippen LogP contribution is -2.39. The lowest BCUT2D eigenvalue weighted by Gasteiger charge is -2.13. The Hall–Kier alpha value is -2.55. The molecule has 2 aromatic carbocycles. The number of guanidine groups is 1. The number of hydrogen-bond acceptors (Lipinski definition) is 6. The summed E-state index contributed by atoms with van der Waals surface area (Å²) in [7, 11) is -2.07. The summed E-state index contributed by atoms with van der Waals surface area (Å²) < 4.78 is 50.0. The quantitative estimate of drug-likeness (QED) is 0.112. The minimum Gasteiger partial charge on any atom is -0.378 e. The third-order valence-electron chi connectivity index (χ3n) is 4.00. The fourth-order valence-electron chi connectivity index (χ4n) is 2.50. The van der Waals surface area contributed by atoms with Gasteiger partial charge in [0.05, 0.1) is 9.82 Å². The van der Waals surface area contributed by atoms with Crippen LogP contribution in [0.15, 0.2) is 46.3 Å². The van der Waals surface area contributed by atoms with E-state index in [1.807, 2.05) is 0 Å². The predicted octanol–water partition coefficient (Wildman–Crippen LogP) is 2.67. The highest BCUT2D eigenvalue weighted by molar-refractivity contribution is 14.0. The van der Waals surface area contributed by atoms with Gasteiger partial charge in [0.15, 0.2) is 15.8 Å². The minimum absolute atomic E-state index is 0. The summed E-state index contributed by atoms with van der Waals surface area (Å²) in [4.78, 5) is 14.4. The Morgan fingerprint density at radius 3 is 2.45 bits per heavy atom. The van der Waals surface area contributed by atoms with Crippen molar-refractivity contribution in [2.45, 2.75) is 11.4 Å². The van der Waals surface area contributed by atoms with Gasteiger partial charge < -0.3 is 16.0 Å². The van der Waals surface area contributed by atoms with E-state index >= 15 is 0 Å². The first kappa shape index (κ1) is 26.5. The molecule has 0 amide bonds.